The standard InChI is InChI=1S/C18H25N3O4S/c1-19-17(23)15-12-21(13-8-5-6-9-14(13)25-15)18(26)20-11-7-3-4-10-16(22)24-2/h5-6,8-9,15H,3-4,7,10-12H2,1-2H3,(H,19,23)(H,20,26)/t15-/m0/s1. The molecule has 1 heterocycles. The number of ether oxygens (including phenoxy) is 2. The zero-order chi connectivity index (χ0) is 18.9. The largest absolute Gasteiger partial charge is 0.477 e. The van der Waals surface area contributed by atoms with Gasteiger partial charge in [-0.2, -0.15) is 0 Å². The van der Waals surface area contributed by atoms with E-state index in [1.54, 1.807) is 7.05 Å². The molecule has 0 aromatic heterocycles. The quantitative estimate of drug-likeness (QED) is 0.423. The summed E-state index contributed by atoms with van der Waals surface area (Å²) in [4.78, 5) is 25.0. The van der Waals surface area contributed by atoms with Crippen molar-refractivity contribution in [3.63, 3.8) is 0 Å². The molecule has 0 fully saturated rings. The Labute approximate surface area is 159 Å². The maximum Gasteiger partial charge on any atom is 0.305 e. The summed E-state index contributed by atoms with van der Waals surface area (Å²) in [7, 11) is 2.98. The van der Waals surface area contributed by atoms with E-state index in [9.17, 15) is 9.59 Å². The number of para-hydroxylation sites is 2. The number of unbranched alkanes of at least 4 members (excludes halogenated alkanes) is 2. The molecule has 7 nitrogen and oxygen atoms in total. The Morgan fingerprint density at radius 2 is 2.08 bits per heavy atom. The number of hydrogen-bond donors (Lipinski definition) is 2. The first-order valence-corrected chi connectivity index (χ1v) is 9.07. The van der Waals surface area contributed by atoms with Gasteiger partial charge in [-0.15, -0.1) is 0 Å². The highest BCUT2D eigenvalue weighted by molar-refractivity contribution is 7.80. The molecule has 1 aromatic carbocycles. The zero-order valence-electron chi connectivity index (χ0n) is 15.1. The summed E-state index contributed by atoms with van der Waals surface area (Å²) in [6.07, 6.45) is 2.41. The second-order valence-electron chi connectivity index (χ2n) is 5.92. The summed E-state index contributed by atoms with van der Waals surface area (Å²) in [5, 5.41) is 6.40. The molecular weight excluding hydrogens is 354 g/mol. The second-order valence-corrected chi connectivity index (χ2v) is 6.30. The van der Waals surface area contributed by atoms with Gasteiger partial charge in [0.05, 0.1) is 19.3 Å². The number of methoxy groups -OCH3 is 1. The molecule has 0 saturated carbocycles. The summed E-state index contributed by atoms with van der Waals surface area (Å²) in [5.41, 5.74) is 0.843. The number of thiocarbonyl (C=S) groups is 1. The average molecular weight is 379 g/mol. The maximum atomic E-state index is 12.0. The van der Waals surface area contributed by atoms with Crippen molar-refractivity contribution in [2.45, 2.75) is 31.8 Å². The van der Waals surface area contributed by atoms with Crippen LogP contribution in [0.15, 0.2) is 24.3 Å². The minimum atomic E-state index is -0.616. The molecule has 1 aliphatic rings. The van der Waals surface area contributed by atoms with Crippen LogP contribution in [0.1, 0.15) is 25.7 Å². The maximum absolute atomic E-state index is 12.0. The van der Waals surface area contributed by atoms with Crippen LogP contribution in [-0.4, -0.2) is 50.3 Å². The van der Waals surface area contributed by atoms with Crippen LogP contribution in [0.4, 0.5) is 5.69 Å². The Bertz CT molecular complexity index is 653. The number of esters is 1. The summed E-state index contributed by atoms with van der Waals surface area (Å²) < 4.78 is 10.4. The third kappa shape index (κ3) is 5.32. The van der Waals surface area contributed by atoms with Crippen LogP contribution in [0.2, 0.25) is 0 Å². The molecule has 2 rings (SSSR count). The Morgan fingerprint density at radius 3 is 2.81 bits per heavy atom. The van der Waals surface area contributed by atoms with Gasteiger partial charge < -0.3 is 25.0 Å². The number of benzene rings is 1. The molecule has 0 bridgehead atoms. The minimum Gasteiger partial charge on any atom is -0.477 e. The van der Waals surface area contributed by atoms with E-state index in [2.05, 4.69) is 15.4 Å². The number of fused-ring (bicyclic) bond motifs is 1. The Morgan fingerprint density at radius 1 is 1.31 bits per heavy atom. The number of nitrogens with zero attached hydrogens (tertiary/aromatic N) is 1. The molecule has 0 aliphatic carbocycles. The number of rotatable bonds is 7. The van der Waals surface area contributed by atoms with Crippen molar-refractivity contribution in [2.75, 3.05) is 32.1 Å². The van der Waals surface area contributed by atoms with Crippen LogP contribution in [0.25, 0.3) is 0 Å². The lowest BCUT2D eigenvalue weighted by Gasteiger charge is -2.35. The van der Waals surface area contributed by atoms with Gasteiger partial charge >= 0.3 is 5.97 Å². The zero-order valence-corrected chi connectivity index (χ0v) is 15.9. The number of carbonyl (C=O) groups is 2. The smallest absolute Gasteiger partial charge is 0.305 e. The van der Waals surface area contributed by atoms with Crippen molar-refractivity contribution in [1.29, 1.82) is 0 Å². The molecule has 0 saturated heterocycles. The van der Waals surface area contributed by atoms with Crippen molar-refractivity contribution in [3.05, 3.63) is 24.3 Å². The average Bonchev–Trinajstić information content (AvgIpc) is 2.68. The van der Waals surface area contributed by atoms with Crippen molar-refractivity contribution < 1.29 is 19.1 Å². The molecule has 1 aromatic rings. The lowest BCUT2D eigenvalue weighted by atomic mass is 10.2. The first-order chi connectivity index (χ1) is 12.6. The number of amides is 1. The van der Waals surface area contributed by atoms with E-state index in [0.29, 0.717) is 30.4 Å². The Hall–Kier alpha value is -2.35. The molecule has 8 heteroatoms. The normalized spacial score (nSPS) is 15.5. The molecule has 26 heavy (non-hydrogen) atoms. The summed E-state index contributed by atoms with van der Waals surface area (Å²) in [5.74, 6) is 0.267. The number of hydrogen-bond acceptors (Lipinski definition) is 5. The summed E-state index contributed by atoms with van der Waals surface area (Å²) in [6, 6.07) is 7.51. The van der Waals surface area contributed by atoms with Crippen molar-refractivity contribution in [1.82, 2.24) is 10.6 Å². The van der Waals surface area contributed by atoms with E-state index in [-0.39, 0.29) is 11.9 Å². The fourth-order valence-electron chi connectivity index (χ4n) is 2.69. The SMILES string of the molecule is CNC(=O)[C@@H]1CN(C(=S)NCCCCCC(=O)OC)c2ccccc2O1. The molecule has 1 aliphatic heterocycles. The monoisotopic (exact) mass is 379 g/mol. The fraction of sp³-hybridized carbons (Fsp3) is 0.500. The Kier molecular flexibility index (Phi) is 7.65. The van der Waals surface area contributed by atoms with Crippen LogP contribution < -0.4 is 20.3 Å². The number of nitrogens with one attached hydrogen (secondary N) is 2. The van der Waals surface area contributed by atoms with Gasteiger partial charge in [0.1, 0.15) is 5.75 Å². The lowest BCUT2D eigenvalue weighted by Crippen LogP contribution is -2.52. The fourth-order valence-corrected chi connectivity index (χ4v) is 2.96. The van der Waals surface area contributed by atoms with Crippen molar-refractivity contribution in [3.8, 4) is 5.75 Å². The molecule has 1 atom stereocenters. The highest BCUT2D eigenvalue weighted by Crippen LogP contribution is 2.33. The molecule has 1 amide bonds. The number of likely N-dealkylation sites (N-methyl/N-ethyl adjacent to an activating group) is 1. The Balaban J connectivity index is 1.88. The highest BCUT2D eigenvalue weighted by atomic mass is 32.1. The molecular formula is C18H25N3O4S. The molecule has 0 spiro atoms. The number of carbonyl (C=O) groups excluding carboxylic acids is 2. The predicted octanol–water partition coefficient (Wildman–Crippen LogP) is 1.61. The first-order valence-electron chi connectivity index (χ1n) is 8.66. The second kappa shape index (κ2) is 9.96. The van der Waals surface area contributed by atoms with E-state index in [0.717, 1.165) is 24.9 Å². The van der Waals surface area contributed by atoms with Crippen LogP contribution in [0, 0.1) is 0 Å². The molecule has 0 radical (unpaired) electrons. The van der Waals surface area contributed by atoms with Crippen LogP contribution in [0.5, 0.6) is 5.75 Å². The highest BCUT2D eigenvalue weighted by Gasteiger charge is 2.31. The van der Waals surface area contributed by atoms with Gasteiger partial charge in [0.2, 0.25) is 0 Å². The van der Waals surface area contributed by atoms with Gasteiger partial charge in [-0.1, -0.05) is 18.6 Å². The van der Waals surface area contributed by atoms with Gasteiger partial charge in [-0.25, -0.2) is 0 Å². The third-order valence-corrected chi connectivity index (χ3v) is 4.48. The van der Waals surface area contributed by atoms with Crippen LogP contribution in [0.3, 0.4) is 0 Å². The van der Waals surface area contributed by atoms with Gasteiger partial charge in [-0.05, 0) is 37.2 Å². The van der Waals surface area contributed by atoms with Gasteiger partial charge in [0, 0.05) is 20.0 Å². The molecule has 0 unspecified atom stereocenters. The summed E-state index contributed by atoms with van der Waals surface area (Å²) >= 11 is 5.52. The molecule has 2 N–H and O–H groups in total. The van der Waals surface area contributed by atoms with Crippen LogP contribution in [-0.2, 0) is 14.3 Å². The van der Waals surface area contributed by atoms with Gasteiger partial charge in [0.15, 0.2) is 11.2 Å². The first kappa shape index (κ1) is 20.0. The van der Waals surface area contributed by atoms with E-state index in [1.807, 2.05) is 29.2 Å². The van der Waals surface area contributed by atoms with Gasteiger partial charge in [0.25, 0.3) is 5.91 Å². The van der Waals surface area contributed by atoms with E-state index in [4.69, 9.17) is 17.0 Å². The number of anilines is 1. The predicted molar refractivity (Wildman–Crippen MR) is 103 cm³/mol. The van der Waals surface area contributed by atoms with E-state index in [1.165, 1.54) is 7.11 Å². The molecule has 142 valence electrons. The van der Waals surface area contributed by atoms with Crippen molar-refractivity contribution in [2.24, 2.45) is 0 Å². The van der Waals surface area contributed by atoms with E-state index >= 15 is 0 Å². The van der Waals surface area contributed by atoms with E-state index < -0.39 is 6.10 Å². The minimum absolute atomic E-state index is 0.182. The summed E-state index contributed by atoms with van der Waals surface area (Å²) in [6.45, 7) is 1.05. The van der Waals surface area contributed by atoms with Crippen LogP contribution >= 0.6 is 12.2 Å². The lowest BCUT2D eigenvalue weighted by molar-refractivity contribution is -0.140. The van der Waals surface area contributed by atoms with Gasteiger partial charge in [-0.3, -0.25) is 9.59 Å². The topological polar surface area (TPSA) is 79.9 Å². The third-order valence-electron chi connectivity index (χ3n) is 4.12. The van der Waals surface area contributed by atoms with Crippen molar-refractivity contribution >= 4 is 34.9 Å².